The van der Waals surface area contributed by atoms with Crippen molar-refractivity contribution < 1.29 is 24.3 Å². The zero-order valence-corrected chi connectivity index (χ0v) is 26.4. The van der Waals surface area contributed by atoms with Gasteiger partial charge in [-0.2, -0.15) is 0 Å². The first kappa shape index (κ1) is 31.2. The van der Waals surface area contributed by atoms with E-state index in [1.807, 2.05) is 0 Å². The van der Waals surface area contributed by atoms with Crippen LogP contribution in [0.25, 0.3) is 0 Å². The van der Waals surface area contributed by atoms with Crippen LogP contribution in [0.4, 0.5) is 0 Å². The van der Waals surface area contributed by atoms with Gasteiger partial charge in [0.05, 0.1) is 5.92 Å². The zero-order chi connectivity index (χ0) is 32.3. The number of benzene rings is 5. The number of carbonyl (C=O) groups excluding carboxylic acids is 4. The lowest BCUT2D eigenvalue weighted by Crippen LogP contribution is -2.58. The van der Waals surface area contributed by atoms with Crippen molar-refractivity contribution in [3.63, 3.8) is 0 Å². The van der Waals surface area contributed by atoms with Gasteiger partial charge in [0.25, 0.3) is 0 Å². The Kier molecular flexibility index (Phi) is 9.02. The molecule has 1 aliphatic carbocycles. The maximum atomic E-state index is 14.9. The van der Waals surface area contributed by atoms with Crippen LogP contribution in [0.1, 0.15) is 53.4 Å². The molecule has 1 aliphatic rings. The molecule has 1 N–H and O–H groups in total. The van der Waals surface area contributed by atoms with Crippen molar-refractivity contribution in [2.45, 2.75) is 12.0 Å². The Morgan fingerprint density at radius 1 is 0.522 bits per heavy atom. The van der Waals surface area contributed by atoms with Gasteiger partial charge in [-0.25, -0.2) is 0 Å². The number of Topliss-reactive ketones (excluding diaryl/α,β-unsaturated/α-hetero) is 4. The fourth-order valence-electron chi connectivity index (χ4n) is 6.90. The van der Waals surface area contributed by atoms with Crippen LogP contribution in [0.3, 0.4) is 0 Å². The molecule has 6 heteroatoms. The van der Waals surface area contributed by atoms with Gasteiger partial charge in [0.15, 0.2) is 23.1 Å². The maximum Gasteiger partial charge on any atom is 0.169 e. The van der Waals surface area contributed by atoms with Crippen LogP contribution in [0.5, 0.6) is 0 Å². The third kappa shape index (κ3) is 5.82. The van der Waals surface area contributed by atoms with Crippen LogP contribution >= 0.6 is 15.9 Å². The monoisotopic (exact) mass is 670 g/mol. The highest BCUT2D eigenvalue weighted by Gasteiger charge is 2.61. The number of hydrogen-bond acceptors (Lipinski definition) is 5. The average Bonchev–Trinajstić information content (AvgIpc) is 3.11. The molecule has 5 atom stereocenters. The van der Waals surface area contributed by atoms with Gasteiger partial charge in [-0.1, -0.05) is 155 Å². The average molecular weight is 672 g/mol. The summed E-state index contributed by atoms with van der Waals surface area (Å²) < 4.78 is 0.506. The normalized spacial score (nSPS) is 22.5. The second-order valence-corrected chi connectivity index (χ2v) is 12.5. The predicted octanol–water partition coefficient (Wildman–Crippen LogP) is 8.04. The number of hydrogen-bond donors (Lipinski definition) is 1. The summed E-state index contributed by atoms with van der Waals surface area (Å²) in [7, 11) is 0. The summed E-state index contributed by atoms with van der Waals surface area (Å²) in [5, 5.41) is 12.9. The Morgan fingerprint density at radius 3 is 1.48 bits per heavy atom. The molecule has 0 amide bonds. The molecule has 1 saturated carbocycles. The molecule has 0 spiro atoms. The molecule has 0 heterocycles. The lowest BCUT2D eigenvalue weighted by molar-refractivity contribution is -0.0846. The molecule has 5 aromatic rings. The molecular weight excluding hydrogens is 640 g/mol. The molecule has 5 aromatic carbocycles. The summed E-state index contributed by atoms with van der Waals surface area (Å²) in [5.74, 6) is -6.95. The molecule has 0 bridgehead atoms. The van der Waals surface area contributed by atoms with Crippen molar-refractivity contribution in [2.75, 3.05) is 0 Å². The van der Waals surface area contributed by atoms with E-state index in [2.05, 4.69) is 15.9 Å². The Hall–Kier alpha value is -4.78. The second kappa shape index (κ2) is 13.3. The largest absolute Gasteiger partial charge is 0.384 e. The van der Waals surface area contributed by atoms with E-state index < -0.39 is 46.6 Å². The minimum absolute atomic E-state index is 0.243. The number of rotatable bonds is 9. The SMILES string of the molecule is O=C(c1ccccc1Br)[C@@H]1[C@H](C(=O)c2ccccc2)[C@@H](C(=O)c2ccccc2)[C@@](O)(c2ccccc2)C[C@H]1C(=O)c1ccccc1. The van der Waals surface area contributed by atoms with E-state index >= 15 is 0 Å². The van der Waals surface area contributed by atoms with Gasteiger partial charge >= 0.3 is 0 Å². The van der Waals surface area contributed by atoms with Gasteiger partial charge < -0.3 is 5.11 Å². The third-order valence-corrected chi connectivity index (χ3v) is 9.73. The van der Waals surface area contributed by atoms with E-state index in [0.29, 0.717) is 26.7 Å². The number of ketones is 4. The van der Waals surface area contributed by atoms with Crippen molar-refractivity contribution in [1.82, 2.24) is 0 Å². The first-order chi connectivity index (χ1) is 22.3. The molecule has 0 aromatic heterocycles. The second-order valence-electron chi connectivity index (χ2n) is 11.7. The van der Waals surface area contributed by atoms with Crippen molar-refractivity contribution in [2.24, 2.45) is 23.7 Å². The lowest BCUT2D eigenvalue weighted by atomic mass is 9.52. The number of aliphatic hydroxyl groups is 1. The molecule has 6 rings (SSSR count). The fourth-order valence-corrected chi connectivity index (χ4v) is 7.38. The van der Waals surface area contributed by atoms with Crippen LogP contribution in [0.15, 0.2) is 150 Å². The van der Waals surface area contributed by atoms with Gasteiger partial charge in [-0.3, -0.25) is 19.2 Å². The Bertz CT molecular complexity index is 1870. The van der Waals surface area contributed by atoms with Crippen LogP contribution < -0.4 is 0 Å². The lowest BCUT2D eigenvalue weighted by Gasteiger charge is -2.50. The first-order valence-electron chi connectivity index (χ1n) is 15.2. The summed E-state index contributed by atoms with van der Waals surface area (Å²) >= 11 is 3.50. The molecule has 0 unspecified atom stereocenters. The van der Waals surface area contributed by atoms with Gasteiger partial charge in [0, 0.05) is 44.5 Å². The van der Waals surface area contributed by atoms with E-state index in [1.54, 1.807) is 146 Å². The topological polar surface area (TPSA) is 88.5 Å². The maximum absolute atomic E-state index is 14.9. The highest BCUT2D eigenvalue weighted by atomic mass is 79.9. The predicted molar refractivity (Wildman–Crippen MR) is 180 cm³/mol. The van der Waals surface area contributed by atoms with E-state index in [4.69, 9.17) is 0 Å². The minimum Gasteiger partial charge on any atom is -0.384 e. The van der Waals surface area contributed by atoms with Crippen molar-refractivity contribution in [1.29, 1.82) is 0 Å². The summed E-state index contributed by atoms with van der Waals surface area (Å²) in [6.07, 6.45) is -0.243. The molecule has 1 fully saturated rings. The number of carbonyl (C=O) groups is 4. The van der Waals surface area contributed by atoms with E-state index in [9.17, 15) is 24.3 Å². The Morgan fingerprint density at radius 2 is 0.957 bits per heavy atom. The van der Waals surface area contributed by atoms with Gasteiger partial charge in [-0.05, 0) is 18.1 Å². The van der Waals surface area contributed by atoms with Crippen LogP contribution in [-0.4, -0.2) is 28.2 Å². The summed E-state index contributed by atoms with van der Waals surface area (Å²) in [6, 6.07) is 41.1. The molecular formula is C40H31BrO5. The minimum atomic E-state index is -1.97. The molecule has 0 radical (unpaired) electrons. The van der Waals surface area contributed by atoms with Crippen molar-refractivity contribution in [3.05, 3.63) is 178 Å². The van der Waals surface area contributed by atoms with Crippen LogP contribution in [-0.2, 0) is 5.60 Å². The van der Waals surface area contributed by atoms with E-state index in [0.717, 1.165) is 0 Å². The highest BCUT2D eigenvalue weighted by Crippen LogP contribution is 2.54. The summed E-state index contributed by atoms with van der Waals surface area (Å²) in [6.45, 7) is 0. The molecule has 0 saturated heterocycles. The molecule has 0 aliphatic heterocycles. The molecule has 46 heavy (non-hydrogen) atoms. The smallest absolute Gasteiger partial charge is 0.169 e. The quantitative estimate of drug-likeness (QED) is 0.160. The van der Waals surface area contributed by atoms with Gasteiger partial charge in [0.1, 0.15) is 5.60 Å². The van der Waals surface area contributed by atoms with Gasteiger partial charge in [-0.15, -0.1) is 0 Å². The first-order valence-corrected chi connectivity index (χ1v) is 15.9. The highest BCUT2D eigenvalue weighted by molar-refractivity contribution is 9.10. The molecule has 228 valence electrons. The Balaban J connectivity index is 1.65. The Labute approximate surface area is 276 Å². The van der Waals surface area contributed by atoms with Crippen LogP contribution in [0.2, 0.25) is 0 Å². The molecule has 5 nitrogen and oxygen atoms in total. The number of halogens is 1. The van der Waals surface area contributed by atoms with E-state index in [-0.39, 0.29) is 17.8 Å². The zero-order valence-electron chi connectivity index (χ0n) is 24.8. The van der Waals surface area contributed by atoms with Gasteiger partial charge in [0.2, 0.25) is 0 Å². The standard InChI is InChI=1S/C40H31BrO5/c41-32-24-14-13-23-30(32)39(45)33-31(36(42)26-15-5-1-6-16-26)25-40(46,29-21-11-4-12-22-29)35(38(44)28-19-9-3-10-20-28)34(33)37(43)27-17-7-2-8-18-27/h1-24,31,33-35,46H,25H2/t31-,33+,34+,35+,40+/m1/s1. The fraction of sp³-hybridized carbons (Fsp3) is 0.150. The van der Waals surface area contributed by atoms with Crippen molar-refractivity contribution >= 4 is 39.1 Å². The van der Waals surface area contributed by atoms with Crippen LogP contribution in [0, 0.1) is 23.7 Å². The third-order valence-electron chi connectivity index (χ3n) is 9.04. The van der Waals surface area contributed by atoms with E-state index in [1.165, 1.54) is 0 Å². The summed E-state index contributed by atoms with van der Waals surface area (Å²) in [5.41, 5.74) is -0.345. The van der Waals surface area contributed by atoms with Crippen molar-refractivity contribution in [3.8, 4) is 0 Å². The summed E-state index contributed by atoms with van der Waals surface area (Å²) in [4.78, 5) is 59.0.